The predicted octanol–water partition coefficient (Wildman–Crippen LogP) is 1.37. The lowest BCUT2D eigenvalue weighted by molar-refractivity contribution is -0.127. The van der Waals surface area contributed by atoms with Gasteiger partial charge in [-0.15, -0.1) is 0 Å². The molecule has 7 heteroatoms. The normalized spacial score (nSPS) is 27.7. The van der Waals surface area contributed by atoms with Crippen LogP contribution in [0.4, 0.5) is 0 Å². The minimum Gasteiger partial charge on any atom is -0.384 e. The van der Waals surface area contributed by atoms with Crippen molar-refractivity contribution in [3.05, 3.63) is 0 Å². The van der Waals surface area contributed by atoms with Gasteiger partial charge in [0.25, 0.3) is 0 Å². The molecule has 2 fully saturated rings. The molecule has 0 aromatic carbocycles. The number of rotatable bonds is 6. The molecule has 1 aliphatic carbocycles. The van der Waals surface area contributed by atoms with Crippen LogP contribution < -0.4 is 5.32 Å². The number of ether oxygens (including phenoxy) is 1. The Morgan fingerprint density at radius 2 is 1.74 bits per heavy atom. The topological polar surface area (TPSA) is 75.7 Å². The van der Waals surface area contributed by atoms with E-state index in [1.807, 2.05) is 0 Å². The number of hydrogen-bond acceptors (Lipinski definition) is 4. The first kappa shape index (κ1) is 18.7. The first-order chi connectivity index (χ1) is 11.0. The molecule has 0 radical (unpaired) electrons. The minimum atomic E-state index is -3.12. The summed E-state index contributed by atoms with van der Waals surface area (Å²) in [6, 6.07) is 0.271. The molecular weight excluding hydrogens is 316 g/mol. The largest absolute Gasteiger partial charge is 0.384 e. The third-order valence-corrected chi connectivity index (χ3v) is 7.06. The van der Waals surface area contributed by atoms with E-state index in [2.05, 4.69) is 5.32 Å². The lowest BCUT2D eigenvalue weighted by Crippen LogP contribution is -2.46. The molecule has 0 unspecified atom stereocenters. The molecule has 1 amide bonds. The van der Waals surface area contributed by atoms with Crippen molar-refractivity contribution >= 4 is 15.9 Å². The molecule has 23 heavy (non-hydrogen) atoms. The Bertz CT molecular complexity index is 478. The van der Waals surface area contributed by atoms with E-state index in [1.54, 1.807) is 14.0 Å². The summed E-state index contributed by atoms with van der Waals surface area (Å²) in [6.45, 7) is 3.41. The molecule has 1 saturated carbocycles. The van der Waals surface area contributed by atoms with Crippen molar-refractivity contribution in [3.8, 4) is 0 Å². The van der Waals surface area contributed by atoms with Crippen molar-refractivity contribution in [3.63, 3.8) is 0 Å². The molecule has 0 spiro atoms. The van der Waals surface area contributed by atoms with Crippen LogP contribution in [0.5, 0.6) is 0 Å². The fraction of sp³-hybridized carbons (Fsp3) is 0.938. The van der Waals surface area contributed by atoms with Crippen molar-refractivity contribution in [2.24, 2.45) is 11.8 Å². The zero-order chi connectivity index (χ0) is 16.9. The van der Waals surface area contributed by atoms with Crippen molar-refractivity contribution in [1.29, 1.82) is 0 Å². The Hall–Kier alpha value is -0.660. The molecule has 6 nitrogen and oxygen atoms in total. The van der Waals surface area contributed by atoms with Gasteiger partial charge in [-0.1, -0.05) is 0 Å². The van der Waals surface area contributed by atoms with Crippen LogP contribution in [0.1, 0.15) is 45.4 Å². The van der Waals surface area contributed by atoms with Gasteiger partial charge in [-0.2, -0.15) is 0 Å². The molecule has 134 valence electrons. The van der Waals surface area contributed by atoms with Crippen LogP contribution in [0.15, 0.2) is 0 Å². The van der Waals surface area contributed by atoms with Gasteiger partial charge in [0.2, 0.25) is 15.9 Å². The highest BCUT2D eigenvalue weighted by Gasteiger charge is 2.31. The Kier molecular flexibility index (Phi) is 6.85. The molecular formula is C16H30N2O4S. The molecule has 1 heterocycles. The van der Waals surface area contributed by atoms with E-state index in [1.165, 1.54) is 4.31 Å². The summed E-state index contributed by atoms with van der Waals surface area (Å²) in [4.78, 5) is 12.4. The van der Waals surface area contributed by atoms with Gasteiger partial charge in [0.05, 0.1) is 5.75 Å². The molecule has 1 saturated heterocycles. The maximum atomic E-state index is 12.4. The second kappa shape index (κ2) is 8.44. The average Bonchev–Trinajstić information content (AvgIpc) is 2.57. The number of amides is 1. The van der Waals surface area contributed by atoms with Crippen LogP contribution in [0, 0.1) is 11.8 Å². The standard InChI is InChI=1S/C16H30N2O4S/c1-3-23(20,21)18-10-8-14(9-11-18)16(19)17-15-6-4-13(5-7-15)12-22-2/h13-15H,3-12H2,1-2H3,(H,17,19). The Balaban J connectivity index is 1.74. The number of nitrogens with zero attached hydrogens (tertiary/aromatic N) is 1. The van der Waals surface area contributed by atoms with E-state index < -0.39 is 10.0 Å². The monoisotopic (exact) mass is 346 g/mol. The average molecular weight is 346 g/mol. The minimum absolute atomic E-state index is 0.0463. The smallest absolute Gasteiger partial charge is 0.223 e. The van der Waals surface area contributed by atoms with Gasteiger partial charge in [0.15, 0.2) is 0 Å². The van der Waals surface area contributed by atoms with Crippen molar-refractivity contribution in [2.75, 3.05) is 32.6 Å². The number of sulfonamides is 1. The summed E-state index contributed by atoms with van der Waals surface area (Å²) < 4.78 is 30.4. The first-order valence-electron chi connectivity index (χ1n) is 8.73. The Labute approximate surface area is 140 Å². The second-order valence-electron chi connectivity index (χ2n) is 6.76. The third kappa shape index (κ3) is 5.16. The molecule has 2 rings (SSSR count). The fourth-order valence-corrected chi connectivity index (χ4v) is 4.74. The van der Waals surface area contributed by atoms with E-state index in [-0.39, 0.29) is 23.6 Å². The van der Waals surface area contributed by atoms with Gasteiger partial charge in [-0.3, -0.25) is 4.79 Å². The Morgan fingerprint density at radius 3 is 2.26 bits per heavy atom. The van der Waals surface area contributed by atoms with Crippen LogP contribution in [0.3, 0.4) is 0 Å². The van der Waals surface area contributed by atoms with Crippen LogP contribution in [-0.2, 0) is 19.6 Å². The lowest BCUT2D eigenvalue weighted by atomic mass is 9.86. The van der Waals surface area contributed by atoms with Gasteiger partial charge < -0.3 is 10.1 Å². The molecule has 1 N–H and O–H groups in total. The highest BCUT2D eigenvalue weighted by molar-refractivity contribution is 7.89. The SMILES string of the molecule is CCS(=O)(=O)N1CCC(C(=O)NC2CCC(COC)CC2)CC1. The Morgan fingerprint density at radius 1 is 1.13 bits per heavy atom. The van der Waals surface area contributed by atoms with Crippen LogP contribution in [-0.4, -0.2) is 57.2 Å². The molecule has 0 aromatic heterocycles. The summed E-state index contributed by atoms with van der Waals surface area (Å²) >= 11 is 0. The number of hydrogen-bond donors (Lipinski definition) is 1. The van der Waals surface area contributed by atoms with Gasteiger partial charge in [0, 0.05) is 38.8 Å². The first-order valence-corrected chi connectivity index (χ1v) is 10.3. The number of carbonyl (C=O) groups is 1. The van der Waals surface area contributed by atoms with Crippen LogP contribution in [0.2, 0.25) is 0 Å². The number of piperidine rings is 1. The molecule has 1 aliphatic heterocycles. The number of nitrogens with one attached hydrogen (secondary N) is 1. The van der Waals surface area contributed by atoms with E-state index >= 15 is 0 Å². The van der Waals surface area contributed by atoms with Crippen molar-refractivity contribution in [2.45, 2.75) is 51.5 Å². The van der Waals surface area contributed by atoms with Gasteiger partial charge >= 0.3 is 0 Å². The third-order valence-electron chi connectivity index (χ3n) is 5.18. The van der Waals surface area contributed by atoms with E-state index in [9.17, 15) is 13.2 Å². The quantitative estimate of drug-likeness (QED) is 0.788. The summed E-state index contributed by atoms with van der Waals surface area (Å²) in [6.07, 6.45) is 5.50. The molecule has 0 atom stereocenters. The maximum absolute atomic E-state index is 12.4. The highest BCUT2D eigenvalue weighted by atomic mass is 32.2. The maximum Gasteiger partial charge on any atom is 0.223 e. The summed E-state index contributed by atoms with van der Waals surface area (Å²) in [5.74, 6) is 0.813. The predicted molar refractivity (Wildman–Crippen MR) is 89.5 cm³/mol. The second-order valence-corrected chi connectivity index (χ2v) is 9.01. The molecule has 0 aromatic rings. The van der Waals surface area contributed by atoms with E-state index in [0.29, 0.717) is 31.8 Å². The van der Waals surface area contributed by atoms with Crippen LogP contribution in [0.25, 0.3) is 0 Å². The summed E-state index contributed by atoms with van der Waals surface area (Å²) in [5.41, 5.74) is 0. The van der Waals surface area contributed by atoms with Crippen molar-refractivity contribution < 1.29 is 17.9 Å². The summed E-state index contributed by atoms with van der Waals surface area (Å²) in [7, 11) is -1.38. The van der Waals surface area contributed by atoms with Gasteiger partial charge in [-0.25, -0.2) is 12.7 Å². The fourth-order valence-electron chi connectivity index (χ4n) is 3.61. The lowest BCUT2D eigenvalue weighted by Gasteiger charge is -2.33. The highest BCUT2D eigenvalue weighted by Crippen LogP contribution is 2.26. The van der Waals surface area contributed by atoms with Crippen LogP contribution >= 0.6 is 0 Å². The number of carbonyl (C=O) groups excluding carboxylic acids is 1. The van der Waals surface area contributed by atoms with Crippen molar-refractivity contribution in [1.82, 2.24) is 9.62 Å². The van der Waals surface area contributed by atoms with Gasteiger partial charge in [-0.05, 0) is 51.4 Å². The molecule has 2 aliphatic rings. The van der Waals surface area contributed by atoms with E-state index in [0.717, 1.165) is 32.3 Å². The van der Waals surface area contributed by atoms with Gasteiger partial charge in [0.1, 0.15) is 0 Å². The number of methoxy groups -OCH3 is 1. The zero-order valence-electron chi connectivity index (χ0n) is 14.3. The summed E-state index contributed by atoms with van der Waals surface area (Å²) in [5, 5.41) is 3.17. The zero-order valence-corrected chi connectivity index (χ0v) is 15.1. The van der Waals surface area contributed by atoms with E-state index in [4.69, 9.17) is 4.74 Å². The molecule has 0 bridgehead atoms.